The Hall–Kier alpha value is -0.570. The highest BCUT2D eigenvalue weighted by molar-refractivity contribution is 6.30. The molecule has 100 valence electrons. The van der Waals surface area contributed by atoms with E-state index in [9.17, 15) is 0 Å². The van der Waals surface area contributed by atoms with Gasteiger partial charge in [-0.1, -0.05) is 30.7 Å². The molecule has 0 N–H and O–H groups in total. The molecule has 0 radical (unpaired) electrons. The predicted octanol–water partition coefficient (Wildman–Crippen LogP) is 2.91. The molecular weight excluding hydrogens is 244 g/mol. The summed E-state index contributed by atoms with van der Waals surface area (Å²) in [6.07, 6.45) is 2.35. The van der Waals surface area contributed by atoms with Crippen LogP contribution in [0, 0.1) is 0 Å². The van der Waals surface area contributed by atoms with Gasteiger partial charge in [0.05, 0.1) is 0 Å². The first-order chi connectivity index (χ1) is 8.69. The fraction of sp³-hybridized carbons (Fsp3) is 0.600. The highest BCUT2D eigenvalue weighted by Crippen LogP contribution is 2.16. The average Bonchev–Trinajstić information content (AvgIpc) is 2.39. The highest BCUT2D eigenvalue weighted by Gasteiger charge is 2.21. The third-order valence-corrected chi connectivity index (χ3v) is 4.16. The summed E-state index contributed by atoms with van der Waals surface area (Å²) in [7, 11) is 2.21. The number of rotatable bonds is 4. The standard InChI is InChI=1S/C15H23ClN2/c1-3-15(18-10-8-17(2)9-11-18)12-13-4-6-14(16)7-5-13/h4-7,15H,3,8-12H2,1-2H3. The molecule has 1 aromatic rings. The molecule has 1 unspecified atom stereocenters. The van der Waals surface area contributed by atoms with Crippen LogP contribution in [0.25, 0.3) is 0 Å². The Labute approximate surface area is 116 Å². The van der Waals surface area contributed by atoms with Crippen molar-refractivity contribution in [1.29, 1.82) is 0 Å². The maximum atomic E-state index is 5.93. The summed E-state index contributed by atoms with van der Waals surface area (Å²) in [5, 5.41) is 0.825. The average molecular weight is 267 g/mol. The normalized spacial score (nSPS) is 19.9. The molecule has 2 nitrogen and oxygen atoms in total. The van der Waals surface area contributed by atoms with Crippen LogP contribution in [0.5, 0.6) is 0 Å². The van der Waals surface area contributed by atoms with Gasteiger partial charge in [0.15, 0.2) is 0 Å². The van der Waals surface area contributed by atoms with E-state index in [1.54, 1.807) is 0 Å². The van der Waals surface area contributed by atoms with Gasteiger partial charge in [-0.3, -0.25) is 4.90 Å². The molecule has 1 aliphatic rings. The number of piperazine rings is 1. The number of likely N-dealkylation sites (N-methyl/N-ethyl adjacent to an activating group) is 1. The monoisotopic (exact) mass is 266 g/mol. The van der Waals surface area contributed by atoms with Crippen molar-refractivity contribution in [2.75, 3.05) is 33.2 Å². The second-order valence-electron chi connectivity index (χ2n) is 5.23. The van der Waals surface area contributed by atoms with Gasteiger partial charge in [-0.25, -0.2) is 0 Å². The molecular formula is C15H23ClN2. The first kappa shape index (κ1) is 13.9. The minimum Gasteiger partial charge on any atom is -0.304 e. The predicted molar refractivity (Wildman–Crippen MR) is 78.3 cm³/mol. The van der Waals surface area contributed by atoms with Gasteiger partial charge in [-0.15, -0.1) is 0 Å². The Morgan fingerprint density at radius 3 is 2.28 bits per heavy atom. The zero-order chi connectivity index (χ0) is 13.0. The fourth-order valence-electron chi connectivity index (χ4n) is 2.61. The maximum Gasteiger partial charge on any atom is 0.0406 e. The Bertz CT molecular complexity index is 355. The van der Waals surface area contributed by atoms with E-state index in [0.29, 0.717) is 6.04 Å². The summed E-state index contributed by atoms with van der Waals surface area (Å²) in [6, 6.07) is 8.96. The van der Waals surface area contributed by atoms with Crippen molar-refractivity contribution in [1.82, 2.24) is 9.80 Å². The summed E-state index contributed by atoms with van der Waals surface area (Å²) in [5.41, 5.74) is 1.39. The van der Waals surface area contributed by atoms with Gasteiger partial charge in [0.2, 0.25) is 0 Å². The third-order valence-electron chi connectivity index (χ3n) is 3.91. The van der Waals surface area contributed by atoms with Crippen LogP contribution in [0.2, 0.25) is 5.02 Å². The van der Waals surface area contributed by atoms with Gasteiger partial charge in [0.1, 0.15) is 0 Å². The summed E-state index contributed by atoms with van der Waals surface area (Å²) < 4.78 is 0. The van der Waals surface area contributed by atoms with Crippen molar-refractivity contribution in [2.45, 2.75) is 25.8 Å². The van der Waals surface area contributed by atoms with E-state index in [4.69, 9.17) is 11.6 Å². The molecule has 2 rings (SSSR count). The first-order valence-electron chi connectivity index (χ1n) is 6.86. The van der Waals surface area contributed by atoms with Crippen molar-refractivity contribution in [3.8, 4) is 0 Å². The molecule has 0 saturated carbocycles. The summed E-state index contributed by atoms with van der Waals surface area (Å²) in [5.74, 6) is 0. The van der Waals surface area contributed by atoms with Crippen LogP contribution in [-0.4, -0.2) is 49.1 Å². The molecule has 18 heavy (non-hydrogen) atoms. The second kappa shape index (κ2) is 6.55. The van der Waals surface area contributed by atoms with Crippen LogP contribution in [0.1, 0.15) is 18.9 Å². The smallest absolute Gasteiger partial charge is 0.0406 e. The third kappa shape index (κ3) is 3.71. The lowest BCUT2D eigenvalue weighted by Crippen LogP contribution is -2.49. The Morgan fingerprint density at radius 1 is 1.11 bits per heavy atom. The van der Waals surface area contributed by atoms with Crippen molar-refractivity contribution < 1.29 is 0 Å². The van der Waals surface area contributed by atoms with E-state index in [1.807, 2.05) is 12.1 Å². The van der Waals surface area contributed by atoms with Gasteiger partial charge in [0.25, 0.3) is 0 Å². The molecule has 0 bridgehead atoms. The molecule has 0 aliphatic carbocycles. The number of hydrogen-bond donors (Lipinski definition) is 0. The van der Waals surface area contributed by atoms with Crippen LogP contribution >= 0.6 is 11.6 Å². The second-order valence-corrected chi connectivity index (χ2v) is 5.67. The molecule has 1 atom stereocenters. The lowest BCUT2D eigenvalue weighted by molar-refractivity contribution is 0.109. The molecule has 1 heterocycles. The summed E-state index contributed by atoms with van der Waals surface area (Å²) in [6.45, 7) is 7.07. The molecule has 1 aromatic carbocycles. The van der Waals surface area contributed by atoms with Crippen LogP contribution in [0.3, 0.4) is 0 Å². The molecule has 1 aliphatic heterocycles. The van der Waals surface area contributed by atoms with E-state index >= 15 is 0 Å². The Morgan fingerprint density at radius 2 is 1.72 bits per heavy atom. The van der Waals surface area contributed by atoms with Gasteiger partial charge in [-0.2, -0.15) is 0 Å². The van der Waals surface area contributed by atoms with E-state index in [-0.39, 0.29) is 0 Å². The molecule has 1 saturated heterocycles. The lowest BCUT2D eigenvalue weighted by atomic mass is 10.0. The number of nitrogens with zero attached hydrogens (tertiary/aromatic N) is 2. The van der Waals surface area contributed by atoms with Crippen LogP contribution in [0.15, 0.2) is 24.3 Å². The largest absolute Gasteiger partial charge is 0.304 e. The van der Waals surface area contributed by atoms with Crippen LogP contribution < -0.4 is 0 Å². The molecule has 0 amide bonds. The summed E-state index contributed by atoms with van der Waals surface area (Å²) in [4.78, 5) is 5.04. The lowest BCUT2D eigenvalue weighted by Gasteiger charge is -2.37. The quantitative estimate of drug-likeness (QED) is 0.827. The summed E-state index contributed by atoms with van der Waals surface area (Å²) >= 11 is 5.93. The van der Waals surface area contributed by atoms with Gasteiger partial charge in [-0.05, 0) is 37.6 Å². The van der Waals surface area contributed by atoms with Crippen molar-refractivity contribution in [3.63, 3.8) is 0 Å². The van der Waals surface area contributed by atoms with Gasteiger partial charge >= 0.3 is 0 Å². The first-order valence-corrected chi connectivity index (χ1v) is 7.24. The van der Waals surface area contributed by atoms with Crippen molar-refractivity contribution >= 4 is 11.6 Å². The zero-order valence-corrected chi connectivity index (χ0v) is 12.2. The molecule has 0 aromatic heterocycles. The maximum absolute atomic E-state index is 5.93. The topological polar surface area (TPSA) is 6.48 Å². The Balaban J connectivity index is 1.94. The number of benzene rings is 1. The van der Waals surface area contributed by atoms with Gasteiger partial charge in [0, 0.05) is 37.2 Å². The van der Waals surface area contributed by atoms with Crippen LogP contribution in [0.4, 0.5) is 0 Å². The minimum atomic E-state index is 0.667. The minimum absolute atomic E-state index is 0.667. The van der Waals surface area contributed by atoms with E-state index in [2.05, 4.69) is 35.9 Å². The van der Waals surface area contributed by atoms with Crippen LogP contribution in [-0.2, 0) is 6.42 Å². The Kier molecular flexibility index (Phi) is 5.04. The van der Waals surface area contributed by atoms with Crippen molar-refractivity contribution in [3.05, 3.63) is 34.9 Å². The fourth-order valence-corrected chi connectivity index (χ4v) is 2.74. The number of halogens is 1. The highest BCUT2D eigenvalue weighted by atomic mass is 35.5. The molecule has 0 spiro atoms. The van der Waals surface area contributed by atoms with Gasteiger partial charge < -0.3 is 4.90 Å². The zero-order valence-electron chi connectivity index (χ0n) is 11.4. The number of hydrogen-bond acceptors (Lipinski definition) is 2. The van der Waals surface area contributed by atoms with E-state index < -0.39 is 0 Å². The SMILES string of the molecule is CCC(Cc1ccc(Cl)cc1)N1CCN(C)CC1. The van der Waals surface area contributed by atoms with E-state index in [1.165, 1.54) is 38.2 Å². The molecule has 1 fully saturated rings. The van der Waals surface area contributed by atoms with Crippen molar-refractivity contribution in [2.24, 2.45) is 0 Å². The molecule has 3 heteroatoms. The van der Waals surface area contributed by atoms with E-state index in [0.717, 1.165) is 11.4 Å².